The molecule has 141 heavy (non-hydrogen) atoms. The van der Waals surface area contributed by atoms with Crippen molar-refractivity contribution in [2.45, 2.75) is 328 Å². The largest absolute Gasteiger partial charge is 0.311 e. The van der Waals surface area contributed by atoms with Crippen LogP contribution >= 0.6 is 22.7 Å². The van der Waals surface area contributed by atoms with Crippen molar-refractivity contribution in [3.63, 3.8) is 0 Å². The fraction of sp³-hybridized carbons (Fsp3) is 0.383. The maximum atomic E-state index is 2.82. The minimum absolute atomic E-state index is 0.00368. The Morgan fingerprint density at radius 3 is 1.06 bits per heavy atom. The second-order valence-electron chi connectivity index (χ2n) is 53.1. The van der Waals surface area contributed by atoms with Crippen LogP contribution in [-0.4, -0.2) is 13.4 Å². The molecule has 15 aromatic rings. The number of hydrogen-bond donors (Lipinski definition) is 0. The molecule has 0 fully saturated rings. The van der Waals surface area contributed by atoms with Crippen molar-refractivity contribution in [2.75, 3.05) is 19.6 Å². The summed E-state index contributed by atoms with van der Waals surface area (Å²) < 4.78 is 5.65. The lowest BCUT2D eigenvalue weighted by Gasteiger charge is -2.47. The number of rotatable bonds is 9. The molecule has 2 aromatic heterocycles. The van der Waals surface area contributed by atoms with E-state index in [1.54, 1.807) is 0 Å². The molecule has 8 heteroatoms. The quantitative estimate of drug-likeness (QED) is 0.134. The molecule has 0 amide bonds. The fourth-order valence-corrected chi connectivity index (χ4v) is 31.5. The third-order valence-electron chi connectivity index (χ3n) is 38.2. The summed E-state index contributed by atoms with van der Waals surface area (Å²) in [6, 6.07) is 95.2. The minimum Gasteiger partial charge on any atom is -0.311 e. The second kappa shape index (κ2) is 30.4. The van der Waals surface area contributed by atoms with E-state index in [0.29, 0.717) is 0 Å². The molecule has 0 spiro atoms. The molecular formula is C133H142B2N4S2. The van der Waals surface area contributed by atoms with Gasteiger partial charge in [0.05, 0.1) is 17.1 Å². The van der Waals surface area contributed by atoms with Crippen LogP contribution in [0.15, 0.2) is 231 Å². The third kappa shape index (κ3) is 13.8. The van der Waals surface area contributed by atoms with E-state index in [1.807, 2.05) is 0 Å². The van der Waals surface area contributed by atoms with Gasteiger partial charge >= 0.3 is 0 Å². The van der Waals surface area contributed by atoms with E-state index in [0.717, 1.165) is 70.6 Å². The first-order chi connectivity index (χ1) is 66.6. The number of aryl methyl sites for hydroxylation is 3. The maximum absolute atomic E-state index is 2.82. The molecule has 25 rings (SSSR count). The van der Waals surface area contributed by atoms with Gasteiger partial charge in [0, 0.05) is 86.5 Å². The summed E-state index contributed by atoms with van der Waals surface area (Å²) in [5.74, 6) is 0. The highest BCUT2D eigenvalue weighted by Gasteiger charge is 2.54. The Morgan fingerprint density at radius 2 is 0.596 bits per heavy atom. The lowest BCUT2D eigenvalue weighted by Crippen LogP contribution is -2.61. The van der Waals surface area contributed by atoms with Crippen LogP contribution in [0.3, 0.4) is 0 Å². The van der Waals surface area contributed by atoms with Crippen LogP contribution in [-0.2, 0) is 71.4 Å². The summed E-state index contributed by atoms with van der Waals surface area (Å²) in [6.45, 7) is 65.1. The zero-order valence-corrected chi connectivity index (χ0v) is 90.5. The predicted octanol–water partition coefficient (Wildman–Crippen LogP) is 33.5. The Bertz CT molecular complexity index is 7900. The topological polar surface area (TPSA) is 13.0 Å². The summed E-state index contributed by atoms with van der Waals surface area (Å²) in [4.78, 5) is 11.1. The summed E-state index contributed by atoms with van der Waals surface area (Å²) in [7, 11) is 0. The Hall–Kier alpha value is -10.9. The van der Waals surface area contributed by atoms with E-state index in [2.05, 4.69) is 453 Å². The fourth-order valence-electron chi connectivity index (χ4n) is 28.8. The van der Waals surface area contributed by atoms with E-state index in [1.165, 1.54) is 255 Å². The smallest absolute Gasteiger partial charge is 0.264 e. The Balaban J connectivity index is 0.678. The minimum atomic E-state index is -0.213. The molecule has 0 saturated heterocycles. The van der Waals surface area contributed by atoms with Crippen molar-refractivity contribution >= 4 is 156 Å². The van der Waals surface area contributed by atoms with Crippen molar-refractivity contribution in [3.8, 4) is 33.4 Å². The predicted molar refractivity (Wildman–Crippen MR) is 612 cm³/mol. The third-order valence-corrected chi connectivity index (χ3v) is 40.6. The Labute approximate surface area is 850 Å². The average molecular weight is 1880 g/mol. The average Bonchev–Trinajstić information content (AvgIpc) is 1.10. The highest BCUT2D eigenvalue weighted by molar-refractivity contribution is 7.34. The van der Waals surface area contributed by atoms with Gasteiger partial charge in [0.25, 0.3) is 13.4 Å². The van der Waals surface area contributed by atoms with Gasteiger partial charge in [-0.1, -0.05) is 281 Å². The van der Waals surface area contributed by atoms with E-state index >= 15 is 0 Å². The van der Waals surface area contributed by atoms with Gasteiger partial charge in [-0.2, -0.15) is 0 Å². The molecule has 6 aliphatic carbocycles. The first-order valence-corrected chi connectivity index (χ1v) is 55.1. The molecule has 13 aromatic carbocycles. The van der Waals surface area contributed by atoms with Crippen LogP contribution in [0.5, 0.6) is 0 Å². The molecule has 0 N–H and O–H groups in total. The second-order valence-corrected chi connectivity index (χ2v) is 55.3. The number of thiophene rings is 2. The molecule has 0 saturated carbocycles. The van der Waals surface area contributed by atoms with Crippen molar-refractivity contribution in [3.05, 3.63) is 320 Å². The van der Waals surface area contributed by atoms with Gasteiger partial charge in [-0.25, -0.2) is 0 Å². The monoisotopic (exact) mass is 1880 g/mol. The molecule has 0 radical (unpaired) electrons. The standard InChI is InChI=1S/C133H142B2N4S2/c1-78-40-43-90(83-37-31-28-32-38-83)107(58-78)139-113-62-80(3)60-111-117(113)135(106-72-100-102(130(20,21)54-52-128(100,16)17)74-109(106)137(111)88-42-45-94-96(68-88)125(10,11)49-47-123(94,6)7)121-119(139)92-70-98-104(76-115(92)141-121)133(26,57-56-132(98,24)25)77-81-34-33-39-84(63-81)86-64-85(82-35-29-27-30-36-82)65-89(66-86)138-112-61-79(2)59-110-116(112)134(120-118(138)91-69-97-103(75-114(91)140-120)131(22,23)55-50-126(97,12)13)105-71-99-101(129(18,19)53-51-127(99,14)15)73-108(105)136(110)87-41-44-93-95(67-87)124(8,9)48-46-122(93,4)5/h27-45,58-76H,46-57,77H2,1-26H3. The molecule has 712 valence electrons. The zero-order chi connectivity index (χ0) is 98.3. The van der Waals surface area contributed by atoms with Gasteiger partial charge in [0.1, 0.15) is 0 Å². The normalized spacial score (nSPS) is 21.0. The Kier molecular flexibility index (Phi) is 19.7. The molecule has 4 nitrogen and oxygen atoms in total. The highest BCUT2D eigenvalue weighted by atomic mass is 32.1. The van der Waals surface area contributed by atoms with E-state index in [9.17, 15) is 0 Å². The van der Waals surface area contributed by atoms with Gasteiger partial charge in [-0.05, 0) is 417 Å². The van der Waals surface area contributed by atoms with Crippen molar-refractivity contribution in [1.29, 1.82) is 0 Å². The van der Waals surface area contributed by atoms with Crippen LogP contribution in [0.1, 0.15) is 325 Å². The number of fused-ring (bicyclic) bond motifs is 18. The SMILES string of the molecule is Cc1ccc(-c2ccccc2)c(N2c3cc(C)cc4c3B(c3cc5c(cc3N4c3ccc4c(c3)C(C)(C)CCC4(C)C)C(C)(C)CCC5(C)C)c3sc4cc5c(cc4c32)C(C)(C)CCC5(C)Cc2cccc(-c3cc(-c4ccccc4)cc(N4c5cc(C)cc6c5B(c5cc7c(cc5N6c5ccc6c(c5)C(C)(C)CCC6(C)C)C(C)(C)CCC7(C)C)c5sc6cc7c(cc6c54)C(C)(C)CCC7(C)C)c3)c2)c1. The van der Waals surface area contributed by atoms with E-state index < -0.39 is 0 Å². The van der Waals surface area contributed by atoms with Crippen molar-refractivity contribution in [2.24, 2.45) is 0 Å². The van der Waals surface area contributed by atoms with Crippen LogP contribution in [0.2, 0.25) is 0 Å². The van der Waals surface area contributed by atoms with Crippen molar-refractivity contribution in [1.82, 2.24) is 0 Å². The van der Waals surface area contributed by atoms with E-state index in [4.69, 9.17) is 0 Å². The summed E-state index contributed by atoms with van der Waals surface area (Å²) in [6.07, 6.45) is 14.6. The van der Waals surface area contributed by atoms with Crippen LogP contribution in [0.25, 0.3) is 53.6 Å². The molecule has 1 unspecified atom stereocenters. The zero-order valence-electron chi connectivity index (χ0n) is 88.9. The van der Waals surface area contributed by atoms with Crippen molar-refractivity contribution < 1.29 is 0 Å². The molecule has 6 heterocycles. The number of anilines is 12. The van der Waals surface area contributed by atoms with Gasteiger partial charge in [0.15, 0.2) is 0 Å². The Morgan fingerprint density at radius 1 is 0.241 bits per heavy atom. The van der Waals surface area contributed by atoms with Gasteiger partial charge in [-0.15, -0.1) is 22.7 Å². The molecule has 10 aliphatic rings. The van der Waals surface area contributed by atoms with Gasteiger partial charge in [-0.3, -0.25) is 0 Å². The number of benzene rings is 13. The van der Waals surface area contributed by atoms with Crippen LogP contribution in [0, 0.1) is 20.8 Å². The molecule has 4 aliphatic heterocycles. The van der Waals surface area contributed by atoms with Gasteiger partial charge in [0.2, 0.25) is 0 Å². The van der Waals surface area contributed by atoms with Gasteiger partial charge < -0.3 is 19.6 Å². The maximum Gasteiger partial charge on any atom is 0.264 e. The van der Waals surface area contributed by atoms with Crippen LogP contribution < -0.4 is 51.0 Å². The molecular weight excluding hydrogens is 1740 g/mol. The highest BCUT2D eigenvalue weighted by Crippen LogP contribution is 2.62. The summed E-state index contributed by atoms with van der Waals surface area (Å²) >= 11 is 4.19. The molecule has 0 bridgehead atoms. The first kappa shape index (κ1) is 91.3. The lowest BCUT2D eigenvalue weighted by molar-refractivity contribution is 0.311. The van der Waals surface area contributed by atoms with Crippen LogP contribution in [0.4, 0.5) is 68.2 Å². The molecule has 1 atom stereocenters. The number of nitrogens with zero attached hydrogens (tertiary/aromatic N) is 4. The lowest BCUT2D eigenvalue weighted by atomic mass is 9.35. The summed E-state index contributed by atoms with van der Waals surface area (Å²) in [5.41, 5.74) is 51.6. The van der Waals surface area contributed by atoms with E-state index in [-0.39, 0.29) is 78.4 Å². The summed E-state index contributed by atoms with van der Waals surface area (Å²) in [5, 5.41) is 2.73. The number of hydrogen-bond acceptors (Lipinski definition) is 6. The first-order valence-electron chi connectivity index (χ1n) is 53.4.